The number of carbonyl (C=O) groups excluding carboxylic acids is 1. The second-order valence-corrected chi connectivity index (χ2v) is 10.2. The van der Waals surface area contributed by atoms with Gasteiger partial charge in [-0.3, -0.25) is 9.69 Å². The molecule has 0 saturated carbocycles. The van der Waals surface area contributed by atoms with Crippen molar-refractivity contribution in [2.75, 3.05) is 50.5 Å². The number of sulfone groups is 1. The minimum absolute atomic E-state index is 0.183. The van der Waals surface area contributed by atoms with Crippen LogP contribution in [-0.4, -0.2) is 74.6 Å². The zero-order valence-corrected chi connectivity index (χ0v) is 17.0. The summed E-state index contributed by atoms with van der Waals surface area (Å²) in [6.45, 7) is 3.43. The second-order valence-electron chi connectivity index (χ2n) is 5.90. The molecule has 0 atom stereocenters. The van der Waals surface area contributed by atoms with Crippen molar-refractivity contribution in [3.8, 4) is 0 Å². The molecule has 0 N–H and O–H groups in total. The Balaban J connectivity index is 1.66. The maximum Gasteiger partial charge on any atom is 0.223 e. The number of hydrogen-bond donors (Lipinski definition) is 0. The molecule has 0 radical (unpaired) electrons. The molecule has 1 aliphatic rings. The van der Waals surface area contributed by atoms with Crippen molar-refractivity contribution < 1.29 is 13.2 Å². The first-order valence-electron chi connectivity index (χ1n) is 7.90. The first-order valence-corrected chi connectivity index (χ1v) is 11.7. The number of nitrogens with zero attached hydrogens (tertiary/aromatic N) is 2. The van der Waals surface area contributed by atoms with Gasteiger partial charge in [-0.05, 0) is 24.3 Å². The van der Waals surface area contributed by atoms with E-state index in [1.807, 2.05) is 29.2 Å². The molecule has 1 aromatic rings. The van der Waals surface area contributed by atoms with E-state index in [1.54, 1.807) is 11.8 Å². The average molecular weight is 435 g/mol. The highest BCUT2D eigenvalue weighted by atomic mass is 79.9. The number of benzene rings is 1. The lowest BCUT2D eigenvalue weighted by Crippen LogP contribution is -2.49. The van der Waals surface area contributed by atoms with E-state index < -0.39 is 9.84 Å². The summed E-state index contributed by atoms with van der Waals surface area (Å²) in [6, 6.07) is 8.08. The number of hydrogen-bond acceptors (Lipinski definition) is 5. The smallest absolute Gasteiger partial charge is 0.223 e. The van der Waals surface area contributed by atoms with Crippen molar-refractivity contribution in [3.05, 3.63) is 28.7 Å². The molecule has 1 saturated heterocycles. The standard InChI is InChI=1S/C16H23BrN2O3S2/c1-24(21,22)13-11-18-7-9-19(10-8-18)16(20)6-12-23-15-4-2-14(17)3-5-15/h2-5H,6-13H2,1H3. The predicted molar refractivity (Wildman–Crippen MR) is 102 cm³/mol. The Bertz CT molecular complexity index is 642. The van der Waals surface area contributed by atoms with Gasteiger partial charge in [0.1, 0.15) is 9.84 Å². The number of rotatable bonds is 7. The fraction of sp³-hybridized carbons (Fsp3) is 0.562. The SMILES string of the molecule is CS(=O)(=O)CCN1CCN(C(=O)CCSc2ccc(Br)cc2)CC1. The number of thioether (sulfide) groups is 1. The molecular formula is C16H23BrN2O3S2. The molecular weight excluding hydrogens is 412 g/mol. The van der Waals surface area contributed by atoms with Crippen molar-refractivity contribution in [1.29, 1.82) is 0 Å². The van der Waals surface area contributed by atoms with Crippen LogP contribution in [0.4, 0.5) is 0 Å². The van der Waals surface area contributed by atoms with E-state index >= 15 is 0 Å². The summed E-state index contributed by atoms with van der Waals surface area (Å²) in [5, 5.41) is 0. The Morgan fingerprint density at radius 3 is 2.38 bits per heavy atom. The number of carbonyl (C=O) groups is 1. The van der Waals surface area contributed by atoms with Gasteiger partial charge in [-0.1, -0.05) is 15.9 Å². The molecule has 2 rings (SSSR count). The Labute approximate surface area is 156 Å². The van der Waals surface area contributed by atoms with E-state index in [2.05, 4.69) is 20.8 Å². The van der Waals surface area contributed by atoms with Gasteiger partial charge in [0.15, 0.2) is 0 Å². The van der Waals surface area contributed by atoms with Crippen molar-refractivity contribution in [2.45, 2.75) is 11.3 Å². The molecule has 1 amide bonds. The Morgan fingerprint density at radius 1 is 1.17 bits per heavy atom. The summed E-state index contributed by atoms with van der Waals surface area (Å²) in [7, 11) is -2.92. The van der Waals surface area contributed by atoms with Crippen molar-refractivity contribution in [2.24, 2.45) is 0 Å². The molecule has 24 heavy (non-hydrogen) atoms. The number of halogens is 1. The summed E-state index contributed by atoms with van der Waals surface area (Å²) in [4.78, 5) is 17.4. The van der Waals surface area contributed by atoms with E-state index in [-0.39, 0.29) is 11.7 Å². The lowest BCUT2D eigenvalue weighted by Gasteiger charge is -2.34. The van der Waals surface area contributed by atoms with Crippen LogP contribution in [0.5, 0.6) is 0 Å². The van der Waals surface area contributed by atoms with Gasteiger partial charge in [-0.15, -0.1) is 11.8 Å². The van der Waals surface area contributed by atoms with Crippen molar-refractivity contribution >= 4 is 43.4 Å². The fourth-order valence-electron chi connectivity index (χ4n) is 2.46. The molecule has 0 aliphatic carbocycles. The molecule has 5 nitrogen and oxygen atoms in total. The lowest BCUT2D eigenvalue weighted by molar-refractivity contribution is -0.132. The molecule has 1 fully saturated rings. The summed E-state index contributed by atoms with van der Waals surface area (Å²) < 4.78 is 23.5. The second kappa shape index (κ2) is 9.22. The largest absolute Gasteiger partial charge is 0.340 e. The third kappa shape index (κ3) is 7.13. The summed E-state index contributed by atoms with van der Waals surface area (Å²) in [5.74, 6) is 1.14. The van der Waals surface area contributed by atoms with Crippen molar-refractivity contribution in [3.63, 3.8) is 0 Å². The van der Waals surface area contributed by atoms with Crippen LogP contribution in [0.25, 0.3) is 0 Å². The number of piperazine rings is 1. The van der Waals surface area contributed by atoms with Crippen LogP contribution in [0.1, 0.15) is 6.42 Å². The van der Waals surface area contributed by atoms with Gasteiger partial charge in [0.2, 0.25) is 5.91 Å². The highest BCUT2D eigenvalue weighted by Gasteiger charge is 2.21. The van der Waals surface area contributed by atoms with Gasteiger partial charge in [0, 0.05) is 60.5 Å². The van der Waals surface area contributed by atoms with Crippen molar-refractivity contribution in [1.82, 2.24) is 9.80 Å². The Morgan fingerprint density at radius 2 is 1.79 bits per heavy atom. The van der Waals surface area contributed by atoms with Crippen LogP contribution in [0.3, 0.4) is 0 Å². The van der Waals surface area contributed by atoms with Gasteiger partial charge < -0.3 is 4.90 Å². The molecule has 0 unspecified atom stereocenters. The van der Waals surface area contributed by atoms with Crippen LogP contribution in [0, 0.1) is 0 Å². The van der Waals surface area contributed by atoms with Gasteiger partial charge in [-0.2, -0.15) is 0 Å². The van der Waals surface area contributed by atoms with Gasteiger partial charge in [0.25, 0.3) is 0 Å². The maximum absolute atomic E-state index is 12.3. The average Bonchev–Trinajstić information content (AvgIpc) is 2.54. The van der Waals surface area contributed by atoms with Crippen LogP contribution in [0.15, 0.2) is 33.6 Å². The highest BCUT2D eigenvalue weighted by Crippen LogP contribution is 2.21. The first kappa shape index (κ1) is 19.8. The predicted octanol–water partition coefficient (Wildman–Crippen LogP) is 2.12. The topological polar surface area (TPSA) is 57.7 Å². The van der Waals surface area contributed by atoms with E-state index in [9.17, 15) is 13.2 Å². The lowest BCUT2D eigenvalue weighted by atomic mass is 10.3. The summed E-state index contributed by atoms with van der Waals surface area (Å²) in [5.41, 5.74) is 0. The van der Waals surface area contributed by atoms with E-state index in [0.29, 0.717) is 26.1 Å². The quantitative estimate of drug-likeness (QED) is 0.615. The molecule has 1 heterocycles. The van der Waals surface area contributed by atoms with Crippen LogP contribution < -0.4 is 0 Å². The van der Waals surface area contributed by atoms with Gasteiger partial charge in [-0.25, -0.2) is 8.42 Å². The molecule has 1 aliphatic heterocycles. The molecule has 0 bridgehead atoms. The van der Waals surface area contributed by atoms with Gasteiger partial charge in [0.05, 0.1) is 5.75 Å². The third-order valence-electron chi connectivity index (χ3n) is 3.90. The fourth-order valence-corrected chi connectivity index (χ4v) is 4.16. The minimum Gasteiger partial charge on any atom is -0.340 e. The van der Waals surface area contributed by atoms with E-state index in [0.717, 1.165) is 28.2 Å². The van der Waals surface area contributed by atoms with E-state index in [4.69, 9.17) is 0 Å². The molecule has 1 aromatic carbocycles. The minimum atomic E-state index is -2.92. The third-order valence-corrected chi connectivity index (χ3v) is 6.37. The zero-order chi connectivity index (χ0) is 17.6. The molecule has 134 valence electrons. The highest BCUT2D eigenvalue weighted by molar-refractivity contribution is 9.10. The normalized spacial score (nSPS) is 16.3. The monoisotopic (exact) mass is 434 g/mol. The zero-order valence-electron chi connectivity index (χ0n) is 13.8. The summed E-state index contributed by atoms with van der Waals surface area (Å²) >= 11 is 5.10. The Hall–Kier alpha value is -0.570. The van der Waals surface area contributed by atoms with E-state index in [1.165, 1.54) is 6.26 Å². The Kier molecular flexibility index (Phi) is 7.59. The number of amides is 1. The van der Waals surface area contributed by atoms with Gasteiger partial charge >= 0.3 is 0 Å². The maximum atomic E-state index is 12.3. The molecule has 0 aromatic heterocycles. The van der Waals surface area contributed by atoms with Crippen LogP contribution >= 0.6 is 27.7 Å². The molecule has 0 spiro atoms. The molecule has 8 heteroatoms. The summed E-state index contributed by atoms with van der Waals surface area (Å²) in [6.07, 6.45) is 1.79. The first-order chi connectivity index (χ1) is 11.3. The van der Waals surface area contributed by atoms with Crippen LogP contribution in [-0.2, 0) is 14.6 Å². The van der Waals surface area contributed by atoms with Crippen LogP contribution in [0.2, 0.25) is 0 Å².